The quantitative estimate of drug-likeness (QED) is 0.0609. The third-order valence-electron chi connectivity index (χ3n) is 20.6. The van der Waals surface area contributed by atoms with Crippen molar-refractivity contribution < 1.29 is 0 Å². The molecule has 0 aliphatic rings. The van der Waals surface area contributed by atoms with Crippen LogP contribution in [0.15, 0.2) is 48.5 Å². The van der Waals surface area contributed by atoms with Gasteiger partial charge in [-0.15, -0.1) is 0 Å². The molecule has 0 bridgehead atoms. The maximum atomic E-state index is 2.83. The van der Waals surface area contributed by atoms with Crippen LogP contribution in [0, 0.1) is 0 Å². The molecule has 2 nitrogen and oxygen atoms in total. The number of benzene rings is 2. The van der Waals surface area contributed by atoms with Gasteiger partial charge in [0.05, 0.1) is 0 Å². The van der Waals surface area contributed by atoms with Crippen molar-refractivity contribution in [3.63, 3.8) is 0 Å². The molecule has 2 aromatic rings. The molecule has 0 amide bonds. The van der Waals surface area contributed by atoms with Gasteiger partial charge in [0.2, 0.25) is 0 Å². The predicted molar refractivity (Wildman–Crippen MR) is 404 cm³/mol. The van der Waals surface area contributed by atoms with Crippen LogP contribution in [0.25, 0.3) is 0 Å². The van der Waals surface area contributed by atoms with E-state index in [1.807, 2.05) is 0 Å². The monoisotopic (exact) mass is 1240 g/mol. The van der Waals surface area contributed by atoms with E-state index in [2.05, 4.69) is 86.0 Å². The first kappa shape index (κ1) is 83.5. The molecule has 0 fully saturated rings. The fourth-order valence-electron chi connectivity index (χ4n) is 14.4. The minimum absolute atomic E-state index is 1.03. The van der Waals surface area contributed by atoms with Gasteiger partial charge in [0.25, 0.3) is 0 Å². The Labute approximate surface area is 561 Å². The number of nitrogens with zero attached hydrogens (tertiary/aromatic N) is 2. The summed E-state index contributed by atoms with van der Waals surface area (Å²) in [6.07, 6.45) is 93.4. The summed E-state index contributed by atoms with van der Waals surface area (Å²) >= 11 is 0. The van der Waals surface area contributed by atoms with Crippen molar-refractivity contribution >= 4 is 0 Å². The largest absolute Gasteiger partial charge is 0.299 e. The smallest absolute Gasteiger partial charge is 0.0233 e. The summed E-state index contributed by atoms with van der Waals surface area (Å²) in [4.78, 5) is 5.65. The number of unbranched alkanes of at least 4 members (excludes halogenated alkanes) is 60. The Morgan fingerprint density at radius 1 is 0.157 bits per heavy atom. The Morgan fingerprint density at radius 2 is 0.281 bits per heavy atom. The highest BCUT2D eigenvalue weighted by atomic mass is 15.1. The SMILES string of the molecule is CCCCCCCCCCCCCCCCCCN(CCCCCCCCCCCCCCCCCC)Cc1ccc(Cc2ccc(CN(CCCCCCCCCCCCCCCCCC)CCCCCCCCCCCCCCCCCC)cc2)cc1. The summed E-state index contributed by atoms with van der Waals surface area (Å²) in [6.45, 7) is 16.6. The summed E-state index contributed by atoms with van der Waals surface area (Å²) in [5.41, 5.74) is 5.92. The van der Waals surface area contributed by atoms with Crippen LogP contribution in [0.1, 0.15) is 461 Å². The average Bonchev–Trinajstić information content (AvgIpc) is 3.11. The molecule has 0 aliphatic heterocycles. The Hall–Kier alpha value is -1.64. The van der Waals surface area contributed by atoms with Crippen LogP contribution in [0.5, 0.6) is 0 Å². The molecule has 0 spiro atoms. The second-order valence-corrected chi connectivity index (χ2v) is 29.6. The highest BCUT2D eigenvalue weighted by molar-refractivity contribution is 5.30. The Kier molecular flexibility index (Phi) is 64.9. The third kappa shape index (κ3) is 58.7. The molecule has 2 heteroatoms. The van der Waals surface area contributed by atoms with Gasteiger partial charge in [0.15, 0.2) is 0 Å². The molecule has 0 aromatic heterocycles. The van der Waals surface area contributed by atoms with E-state index in [0.717, 1.165) is 19.5 Å². The van der Waals surface area contributed by atoms with Gasteiger partial charge in [-0.3, -0.25) is 9.80 Å². The van der Waals surface area contributed by atoms with Gasteiger partial charge in [0.1, 0.15) is 0 Å². The Bertz CT molecular complexity index is 1420. The van der Waals surface area contributed by atoms with Crippen molar-refractivity contribution in [1.29, 1.82) is 0 Å². The molecule has 0 atom stereocenters. The lowest BCUT2D eigenvalue weighted by Crippen LogP contribution is -2.25. The topological polar surface area (TPSA) is 6.48 Å². The maximum absolute atomic E-state index is 2.83. The fourth-order valence-corrected chi connectivity index (χ4v) is 14.4. The van der Waals surface area contributed by atoms with Crippen molar-refractivity contribution in [3.8, 4) is 0 Å². The van der Waals surface area contributed by atoms with E-state index < -0.39 is 0 Å². The summed E-state index contributed by atoms with van der Waals surface area (Å²) in [5, 5.41) is 0. The molecular formula is C87H162N2. The van der Waals surface area contributed by atoms with Crippen molar-refractivity contribution in [3.05, 3.63) is 70.8 Å². The van der Waals surface area contributed by atoms with Crippen LogP contribution >= 0.6 is 0 Å². The van der Waals surface area contributed by atoms with E-state index in [-0.39, 0.29) is 0 Å². The van der Waals surface area contributed by atoms with Gasteiger partial charge in [-0.2, -0.15) is 0 Å². The lowest BCUT2D eigenvalue weighted by atomic mass is 10.0. The van der Waals surface area contributed by atoms with E-state index in [1.165, 1.54) is 459 Å². The molecule has 0 unspecified atom stereocenters. The van der Waals surface area contributed by atoms with Crippen LogP contribution in [0.3, 0.4) is 0 Å². The van der Waals surface area contributed by atoms with E-state index >= 15 is 0 Å². The highest BCUT2D eigenvalue weighted by Gasteiger charge is 2.10. The number of hydrogen-bond acceptors (Lipinski definition) is 2. The summed E-state index contributed by atoms with van der Waals surface area (Å²) in [6, 6.07) is 19.6. The third-order valence-corrected chi connectivity index (χ3v) is 20.6. The zero-order valence-corrected chi connectivity index (χ0v) is 61.7. The highest BCUT2D eigenvalue weighted by Crippen LogP contribution is 2.22. The lowest BCUT2D eigenvalue weighted by Gasteiger charge is -2.23. The number of rotatable bonds is 74. The molecule has 0 radical (unpaired) electrons. The number of hydrogen-bond donors (Lipinski definition) is 0. The summed E-state index contributed by atoms with van der Waals surface area (Å²) < 4.78 is 0. The van der Waals surface area contributed by atoms with E-state index in [0.29, 0.717) is 0 Å². The van der Waals surface area contributed by atoms with E-state index in [4.69, 9.17) is 0 Å². The Morgan fingerprint density at radius 3 is 0.427 bits per heavy atom. The second-order valence-electron chi connectivity index (χ2n) is 29.6. The van der Waals surface area contributed by atoms with Gasteiger partial charge in [0, 0.05) is 13.1 Å². The van der Waals surface area contributed by atoms with Gasteiger partial charge in [-0.1, -0.05) is 461 Å². The second kappa shape index (κ2) is 69.2. The lowest BCUT2D eigenvalue weighted by molar-refractivity contribution is 0.252. The molecule has 0 saturated heterocycles. The average molecular weight is 1240 g/mol. The van der Waals surface area contributed by atoms with Crippen LogP contribution in [0.4, 0.5) is 0 Å². The molecule has 89 heavy (non-hydrogen) atoms. The molecule has 0 saturated carbocycles. The predicted octanol–water partition coefficient (Wildman–Crippen LogP) is 29.9. The van der Waals surface area contributed by atoms with Gasteiger partial charge >= 0.3 is 0 Å². The molecule has 0 aliphatic carbocycles. The van der Waals surface area contributed by atoms with Crippen molar-refractivity contribution in [2.24, 2.45) is 0 Å². The van der Waals surface area contributed by atoms with E-state index in [1.54, 1.807) is 0 Å². The minimum atomic E-state index is 1.03. The first-order chi connectivity index (χ1) is 44.2. The van der Waals surface area contributed by atoms with Crippen LogP contribution in [0.2, 0.25) is 0 Å². The standard InChI is InChI=1S/C87H162N2/c1-5-9-13-17-21-25-29-33-37-41-45-49-53-57-61-65-77-88(78-66-62-58-54-50-46-42-38-34-30-26-22-18-14-10-6-2)82-86-73-69-84(70-74-86)81-85-71-75-87(76-72-85)83-89(79-67-63-59-55-51-47-43-39-35-31-27-23-19-15-11-7-3)80-68-64-60-56-52-48-44-40-36-32-28-24-20-16-12-8-4/h69-76H,5-68,77-83H2,1-4H3. The van der Waals surface area contributed by atoms with Gasteiger partial charge < -0.3 is 0 Å². The first-order valence-corrected chi connectivity index (χ1v) is 41.8. The molecule has 520 valence electrons. The van der Waals surface area contributed by atoms with Crippen LogP contribution in [-0.2, 0) is 19.5 Å². The summed E-state index contributed by atoms with van der Waals surface area (Å²) in [5.74, 6) is 0. The fraction of sp³-hybridized carbons (Fsp3) is 0.862. The maximum Gasteiger partial charge on any atom is 0.0233 e. The molecule has 2 aromatic carbocycles. The molecular weight excluding hydrogens is 1070 g/mol. The van der Waals surface area contributed by atoms with Crippen LogP contribution < -0.4 is 0 Å². The van der Waals surface area contributed by atoms with Crippen molar-refractivity contribution in [1.82, 2.24) is 9.80 Å². The normalized spacial score (nSPS) is 11.8. The molecule has 0 N–H and O–H groups in total. The molecule has 2 rings (SSSR count). The molecule has 0 heterocycles. The zero-order valence-electron chi connectivity index (χ0n) is 61.7. The van der Waals surface area contributed by atoms with Gasteiger partial charge in [-0.25, -0.2) is 0 Å². The van der Waals surface area contributed by atoms with Gasteiger partial charge in [-0.05, 0) is 80.5 Å². The van der Waals surface area contributed by atoms with Crippen LogP contribution in [-0.4, -0.2) is 36.0 Å². The van der Waals surface area contributed by atoms with Crippen molar-refractivity contribution in [2.45, 2.75) is 458 Å². The van der Waals surface area contributed by atoms with Crippen molar-refractivity contribution in [2.75, 3.05) is 26.2 Å². The zero-order chi connectivity index (χ0) is 63.3. The minimum Gasteiger partial charge on any atom is -0.299 e. The Balaban J connectivity index is 1.82. The summed E-state index contributed by atoms with van der Waals surface area (Å²) in [7, 11) is 0. The first-order valence-electron chi connectivity index (χ1n) is 41.8. The van der Waals surface area contributed by atoms with E-state index in [9.17, 15) is 0 Å².